The minimum atomic E-state index is 0.775. The summed E-state index contributed by atoms with van der Waals surface area (Å²) < 4.78 is 6.55. The second-order valence-corrected chi connectivity index (χ2v) is 4.54. The zero-order chi connectivity index (χ0) is 11.7. The highest BCUT2D eigenvalue weighted by atomic mass is 32.2. The molecule has 1 aromatic carbocycles. The molecule has 0 unspecified atom stereocenters. The lowest BCUT2D eigenvalue weighted by molar-refractivity contribution is 0.315. The van der Waals surface area contributed by atoms with E-state index in [4.69, 9.17) is 0 Å². The first-order chi connectivity index (χ1) is 8.33. The molecule has 0 fully saturated rings. The number of nitrogens with zero attached hydrogens (tertiary/aromatic N) is 5. The number of rotatable bonds is 3. The summed E-state index contributed by atoms with van der Waals surface area (Å²) in [5.74, 6) is 0.815. The van der Waals surface area contributed by atoms with Gasteiger partial charge in [-0.25, -0.2) is 4.63 Å². The normalized spacial score (nSPS) is 11.1. The summed E-state index contributed by atoms with van der Waals surface area (Å²) in [4.78, 5) is 0. The van der Waals surface area contributed by atoms with E-state index < -0.39 is 0 Å². The van der Waals surface area contributed by atoms with Gasteiger partial charge in [-0.3, -0.25) is 0 Å². The third-order valence-corrected chi connectivity index (χ3v) is 3.46. The van der Waals surface area contributed by atoms with E-state index in [1.54, 1.807) is 18.1 Å². The Kier molecular flexibility index (Phi) is 2.52. The van der Waals surface area contributed by atoms with Crippen molar-refractivity contribution in [1.29, 1.82) is 0 Å². The number of thioether (sulfide) groups is 1. The lowest BCUT2D eigenvalue weighted by Crippen LogP contribution is -1.89. The van der Waals surface area contributed by atoms with E-state index in [1.165, 1.54) is 0 Å². The average Bonchev–Trinajstić information content (AvgIpc) is 2.94. The van der Waals surface area contributed by atoms with Crippen molar-refractivity contribution in [1.82, 2.24) is 25.1 Å². The molecule has 2 heterocycles. The molecule has 0 atom stereocenters. The fraction of sp³-hybridized carbons (Fsp3) is 0.200. The van der Waals surface area contributed by atoms with E-state index >= 15 is 0 Å². The van der Waals surface area contributed by atoms with E-state index in [1.807, 2.05) is 29.8 Å². The predicted molar refractivity (Wildman–Crippen MR) is 62.4 cm³/mol. The van der Waals surface area contributed by atoms with Crippen LogP contribution in [0.25, 0.3) is 11.0 Å². The quantitative estimate of drug-likeness (QED) is 0.655. The van der Waals surface area contributed by atoms with Crippen molar-refractivity contribution >= 4 is 22.8 Å². The van der Waals surface area contributed by atoms with E-state index in [2.05, 4.69) is 25.1 Å². The van der Waals surface area contributed by atoms with Crippen LogP contribution in [0.5, 0.6) is 0 Å². The number of benzene rings is 1. The van der Waals surface area contributed by atoms with Gasteiger partial charge in [-0.2, -0.15) is 0 Å². The van der Waals surface area contributed by atoms with Crippen molar-refractivity contribution in [3.8, 4) is 0 Å². The highest BCUT2D eigenvalue weighted by Gasteiger charge is 2.05. The van der Waals surface area contributed by atoms with E-state index in [0.717, 1.165) is 27.5 Å². The Labute approximate surface area is 101 Å². The molecule has 0 amide bonds. The van der Waals surface area contributed by atoms with Gasteiger partial charge in [0.2, 0.25) is 0 Å². The number of fused-ring (bicyclic) bond motifs is 1. The first kappa shape index (κ1) is 10.3. The second kappa shape index (κ2) is 4.17. The van der Waals surface area contributed by atoms with Crippen molar-refractivity contribution in [3.05, 3.63) is 30.1 Å². The molecule has 0 aliphatic carbocycles. The Hall–Kier alpha value is -1.89. The van der Waals surface area contributed by atoms with Crippen LogP contribution in [0, 0.1) is 0 Å². The van der Waals surface area contributed by atoms with Crippen LogP contribution in [0.4, 0.5) is 0 Å². The highest BCUT2D eigenvalue weighted by Crippen LogP contribution is 2.21. The molecule has 0 saturated carbocycles. The van der Waals surface area contributed by atoms with Gasteiger partial charge in [-0.15, -0.1) is 10.2 Å². The van der Waals surface area contributed by atoms with Crippen molar-refractivity contribution < 1.29 is 4.63 Å². The SMILES string of the molecule is Cn1cnnc1SCc1ccc2nonc2c1. The minimum Gasteiger partial charge on any atom is -0.312 e. The van der Waals surface area contributed by atoms with Crippen LogP contribution in [0.1, 0.15) is 5.56 Å². The molecule has 2 aromatic heterocycles. The standard InChI is InChI=1S/C10H9N5OS/c1-15-6-11-12-10(15)17-5-7-2-3-8-9(4-7)14-16-13-8/h2-4,6H,5H2,1H3. The van der Waals surface area contributed by atoms with Crippen LogP contribution >= 0.6 is 11.8 Å². The van der Waals surface area contributed by atoms with Gasteiger partial charge in [0.25, 0.3) is 0 Å². The van der Waals surface area contributed by atoms with Crippen LogP contribution in [0.2, 0.25) is 0 Å². The van der Waals surface area contributed by atoms with Gasteiger partial charge >= 0.3 is 0 Å². The summed E-state index contributed by atoms with van der Waals surface area (Å²) in [6.07, 6.45) is 1.69. The second-order valence-electron chi connectivity index (χ2n) is 3.60. The third kappa shape index (κ3) is 2.01. The van der Waals surface area contributed by atoms with Gasteiger partial charge in [0.1, 0.15) is 17.4 Å². The molecular weight excluding hydrogens is 238 g/mol. The van der Waals surface area contributed by atoms with Crippen LogP contribution in [-0.4, -0.2) is 25.1 Å². The zero-order valence-corrected chi connectivity index (χ0v) is 9.89. The summed E-state index contributed by atoms with van der Waals surface area (Å²) in [5.41, 5.74) is 2.71. The molecular formula is C10H9N5OS. The molecule has 0 spiro atoms. The fourth-order valence-electron chi connectivity index (χ4n) is 1.47. The zero-order valence-electron chi connectivity index (χ0n) is 9.07. The lowest BCUT2D eigenvalue weighted by Gasteiger charge is -2.00. The molecule has 0 saturated heterocycles. The molecule has 0 radical (unpaired) electrons. The Bertz CT molecular complexity index is 647. The maximum absolute atomic E-state index is 4.66. The van der Waals surface area contributed by atoms with Gasteiger partial charge in [-0.1, -0.05) is 17.8 Å². The summed E-state index contributed by atoms with van der Waals surface area (Å²) in [6.45, 7) is 0. The Morgan fingerprint density at radius 1 is 1.29 bits per heavy atom. The number of aryl methyl sites for hydroxylation is 1. The molecule has 0 bridgehead atoms. The van der Waals surface area contributed by atoms with Gasteiger partial charge in [0, 0.05) is 12.8 Å². The largest absolute Gasteiger partial charge is 0.312 e. The smallest absolute Gasteiger partial charge is 0.191 e. The Morgan fingerprint density at radius 3 is 3.00 bits per heavy atom. The van der Waals surface area contributed by atoms with Gasteiger partial charge in [0.05, 0.1) is 0 Å². The molecule has 3 aromatic rings. The lowest BCUT2D eigenvalue weighted by atomic mass is 10.2. The van der Waals surface area contributed by atoms with Gasteiger partial charge in [0.15, 0.2) is 5.16 Å². The van der Waals surface area contributed by atoms with Crippen LogP contribution < -0.4 is 0 Å². The maximum atomic E-state index is 4.66. The highest BCUT2D eigenvalue weighted by molar-refractivity contribution is 7.98. The van der Waals surface area contributed by atoms with Crippen LogP contribution in [0.3, 0.4) is 0 Å². The summed E-state index contributed by atoms with van der Waals surface area (Å²) in [6, 6.07) is 5.88. The molecule has 0 N–H and O–H groups in total. The molecule has 7 heteroatoms. The molecule has 3 rings (SSSR count). The van der Waals surface area contributed by atoms with E-state index in [0.29, 0.717) is 0 Å². The van der Waals surface area contributed by atoms with Gasteiger partial charge in [-0.05, 0) is 28.0 Å². The summed E-state index contributed by atoms with van der Waals surface area (Å²) in [7, 11) is 1.92. The fourth-order valence-corrected chi connectivity index (χ4v) is 2.30. The average molecular weight is 247 g/mol. The Morgan fingerprint density at radius 2 is 2.18 bits per heavy atom. The van der Waals surface area contributed by atoms with Crippen LogP contribution in [-0.2, 0) is 12.8 Å². The first-order valence-corrected chi connectivity index (χ1v) is 5.99. The molecule has 17 heavy (non-hydrogen) atoms. The molecule has 86 valence electrons. The number of hydrogen-bond donors (Lipinski definition) is 0. The Balaban J connectivity index is 1.78. The van der Waals surface area contributed by atoms with E-state index in [-0.39, 0.29) is 0 Å². The predicted octanol–water partition coefficient (Wildman–Crippen LogP) is 1.64. The van der Waals surface area contributed by atoms with Crippen molar-refractivity contribution in [2.45, 2.75) is 10.9 Å². The third-order valence-electron chi connectivity index (χ3n) is 2.36. The minimum absolute atomic E-state index is 0.775. The maximum Gasteiger partial charge on any atom is 0.191 e. The van der Waals surface area contributed by atoms with Gasteiger partial charge < -0.3 is 4.57 Å². The topological polar surface area (TPSA) is 69.6 Å². The molecule has 6 nitrogen and oxygen atoms in total. The molecule has 0 aliphatic rings. The number of aromatic nitrogens is 5. The van der Waals surface area contributed by atoms with Crippen molar-refractivity contribution in [2.75, 3.05) is 0 Å². The summed E-state index contributed by atoms with van der Waals surface area (Å²) in [5, 5.41) is 16.3. The summed E-state index contributed by atoms with van der Waals surface area (Å²) >= 11 is 1.63. The molecule has 0 aliphatic heterocycles. The monoisotopic (exact) mass is 247 g/mol. The number of hydrogen-bond acceptors (Lipinski definition) is 6. The van der Waals surface area contributed by atoms with E-state index in [9.17, 15) is 0 Å². The van der Waals surface area contributed by atoms with Crippen molar-refractivity contribution in [2.24, 2.45) is 7.05 Å². The van der Waals surface area contributed by atoms with Crippen LogP contribution in [0.15, 0.2) is 34.3 Å². The van der Waals surface area contributed by atoms with Crippen molar-refractivity contribution in [3.63, 3.8) is 0 Å². The first-order valence-electron chi connectivity index (χ1n) is 5.01.